The highest BCUT2D eigenvalue weighted by molar-refractivity contribution is 5.81. The van der Waals surface area contributed by atoms with Gasteiger partial charge in [-0.25, -0.2) is 0 Å². The summed E-state index contributed by atoms with van der Waals surface area (Å²) < 4.78 is 6.03. The predicted octanol–water partition coefficient (Wildman–Crippen LogP) is 5.35. The van der Waals surface area contributed by atoms with E-state index in [9.17, 15) is 4.79 Å². The standard InChI is InChI=1S/C23H31NO2/c1-7-20(19-11-9-15(3)13-17(19)5)24-23(25)21(8-2)26-22-12-10-16(4)14-18(22)6/h9-14,20-21H,7-8H2,1-6H3,(H,24,25)/t20-,21-/m0/s1. The Morgan fingerprint density at radius 1 is 0.923 bits per heavy atom. The van der Waals surface area contributed by atoms with E-state index in [1.165, 1.54) is 22.3 Å². The van der Waals surface area contributed by atoms with Crippen molar-refractivity contribution in [3.63, 3.8) is 0 Å². The quantitative estimate of drug-likeness (QED) is 0.729. The van der Waals surface area contributed by atoms with E-state index < -0.39 is 6.10 Å². The van der Waals surface area contributed by atoms with Gasteiger partial charge in [-0.1, -0.05) is 55.3 Å². The Balaban J connectivity index is 2.13. The number of ether oxygens (including phenoxy) is 1. The second-order valence-corrected chi connectivity index (χ2v) is 7.11. The van der Waals surface area contributed by atoms with Crippen LogP contribution in [0.1, 0.15) is 60.5 Å². The maximum absolute atomic E-state index is 12.8. The van der Waals surface area contributed by atoms with Gasteiger partial charge in [0.25, 0.3) is 5.91 Å². The van der Waals surface area contributed by atoms with Gasteiger partial charge in [-0.15, -0.1) is 0 Å². The van der Waals surface area contributed by atoms with Crippen LogP contribution in [0, 0.1) is 27.7 Å². The van der Waals surface area contributed by atoms with E-state index in [2.05, 4.69) is 57.3 Å². The van der Waals surface area contributed by atoms with Crippen molar-refractivity contribution in [3.05, 3.63) is 64.2 Å². The maximum atomic E-state index is 12.8. The van der Waals surface area contributed by atoms with Gasteiger partial charge in [-0.2, -0.15) is 0 Å². The third-order valence-corrected chi connectivity index (χ3v) is 4.79. The predicted molar refractivity (Wildman–Crippen MR) is 108 cm³/mol. The fourth-order valence-electron chi connectivity index (χ4n) is 3.29. The highest BCUT2D eigenvalue weighted by Crippen LogP contribution is 2.24. The van der Waals surface area contributed by atoms with Crippen LogP contribution in [0.2, 0.25) is 0 Å². The molecule has 0 bridgehead atoms. The van der Waals surface area contributed by atoms with Gasteiger partial charge in [-0.3, -0.25) is 4.79 Å². The molecular formula is C23H31NO2. The Kier molecular flexibility index (Phi) is 6.84. The minimum Gasteiger partial charge on any atom is -0.480 e. The van der Waals surface area contributed by atoms with Gasteiger partial charge in [0.2, 0.25) is 0 Å². The minimum absolute atomic E-state index is 0.000125. The molecule has 0 aromatic heterocycles. The highest BCUT2D eigenvalue weighted by atomic mass is 16.5. The summed E-state index contributed by atoms with van der Waals surface area (Å²) in [7, 11) is 0. The second kappa shape index (κ2) is 8.88. The van der Waals surface area contributed by atoms with Gasteiger partial charge in [0.15, 0.2) is 6.10 Å². The normalized spacial score (nSPS) is 13.2. The molecule has 1 N–H and O–H groups in total. The van der Waals surface area contributed by atoms with Crippen molar-refractivity contribution in [3.8, 4) is 5.75 Å². The van der Waals surface area contributed by atoms with Crippen molar-refractivity contribution in [1.82, 2.24) is 5.32 Å². The van der Waals surface area contributed by atoms with Crippen molar-refractivity contribution in [2.75, 3.05) is 0 Å². The zero-order valence-corrected chi connectivity index (χ0v) is 16.8. The van der Waals surface area contributed by atoms with Gasteiger partial charge in [0.05, 0.1) is 6.04 Å². The van der Waals surface area contributed by atoms with E-state index in [-0.39, 0.29) is 11.9 Å². The van der Waals surface area contributed by atoms with Crippen LogP contribution < -0.4 is 10.1 Å². The monoisotopic (exact) mass is 353 g/mol. The number of amides is 1. The molecule has 2 aromatic rings. The van der Waals surface area contributed by atoms with Gasteiger partial charge in [0.1, 0.15) is 5.75 Å². The van der Waals surface area contributed by atoms with Crippen LogP contribution in [0.25, 0.3) is 0 Å². The van der Waals surface area contributed by atoms with Crippen molar-refractivity contribution < 1.29 is 9.53 Å². The van der Waals surface area contributed by atoms with E-state index in [4.69, 9.17) is 4.74 Å². The molecule has 0 saturated heterocycles. The molecule has 2 aromatic carbocycles. The molecule has 0 aliphatic rings. The number of carbonyl (C=O) groups excluding carboxylic acids is 1. The summed E-state index contributed by atoms with van der Waals surface area (Å²) in [5.41, 5.74) is 5.86. The van der Waals surface area contributed by atoms with Crippen LogP contribution in [0.15, 0.2) is 36.4 Å². The first-order chi connectivity index (χ1) is 12.3. The Morgan fingerprint density at radius 3 is 2.08 bits per heavy atom. The largest absolute Gasteiger partial charge is 0.480 e. The SMILES string of the molecule is CC[C@H](Oc1ccc(C)cc1C)C(=O)N[C@@H](CC)c1ccc(C)cc1C. The maximum Gasteiger partial charge on any atom is 0.261 e. The molecule has 0 unspecified atom stereocenters. The van der Waals surface area contributed by atoms with Crippen LogP contribution in [0.3, 0.4) is 0 Å². The topological polar surface area (TPSA) is 38.3 Å². The molecule has 3 heteroatoms. The number of aryl methyl sites for hydroxylation is 4. The zero-order chi connectivity index (χ0) is 19.3. The summed E-state index contributed by atoms with van der Waals surface area (Å²) in [6.07, 6.45) is 0.981. The molecule has 0 heterocycles. The van der Waals surface area contributed by atoms with E-state index >= 15 is 0 Å². The molecule has 0 aliphatic carbocycles. The first-order valence-electron chi connectivity index (χ1n) is 9.47. The first kappa shape index (κ1) is 20.0. The first-order valence-corrected chi connectivity index (χ1v) is 9.47. The Labute approximate surface area is 157 Å². The molecule has 0 saturated carbocycles. The average Bonchev–Trinajstić information content (AvgIpc) is 2.59. The molecule has 26 heavy (non-hydrogen) atoms. The third kappa shape index (κ3) is 4.87. The van der Waals surface area contributed by atoms with Crippen LogP contribution in [0.5, 0.6) is 5.75 Å². The van der Waals surface area contributed by atoms with E-state index in [0.29, 0.717) is 6.42 Å². The molecule has 0 spiro atoms. The minimum atomic E-state index is -0.490. The number of hydrogen-bond donors (Lipinski definition) is 1. The van der Waals surface area contributed by atoms with Gasteiger partial charge in [0, 0.05) is 0 Å². The fraction of sp³-hybridized carbons (Fsp3) is 0.435. The lowest BCUT2D eigenvalue weighted by atomic mass is 9.97. The van der Waals surface area contributed by atoms with Crippen molar-refractivity contribution in [1.29, 1.82) is 0 Å². The number of nitrogens with one attached hydrogen (secondary N) is 1. The Morgan fingerprint density at radius 2 is 1.54 bits per heavy atom. The van der Waals surface area contributed by atoms with E-state index in [1.807, 2.05) is 26.0 Å². The molecule has 1 amide bonds. The zero-order valence-electron chi connectivity index (χ0n) is 16.8. The summed E-state index contributed by atoms with van der Waals surface area (Å²) in [5.74, 6) is 0.719. The molecule has 0 fully saturated rings. The third-order valence-electron chi connectivity index (χ3n) is 4.79. The lowest BCUT2D eigenvalue weighted by Crippen LogP contribution is -2.40. The smallest absolute Gasteiger partial charge is 0.261 e. The summed E-state index contributed by atoms with van der Waals surface area (Å²) in [6, 6.07) is 12.4. The molecule has 0 radical (unpaired) electrons. The van der Waals surface area contributed by atoms with Gasteiger partial charge in [-0.05, 0) is 63.3 Å². The lowest BCUT2D eigenvalue weighted by molar-refractivity contribution is -0.129. The number of carbonyl (C=O) groups is 1. The molecular weight excluding hydrogens is 322 g/mol. The molecule has 0 aliphatic heterocycles. The second-order valence-electron chi connectivity index (χ2n) is 7.11. The average molecular weight is 354 g/mol. The highest BCUT2D eigenvalue weighted by Gasteiger charge is 2.23. The van der Waals surface area contributed by atoms with E-state index in [0.717, 1.165) is 17.7 Å². The summed E-state index contributed by atoms with van der Waals surface area (Å²) in [4.78, 5) is 12.8. The summed E-state index contributed by atoms with van der Waals surface area (Å²) in [5, 5.41) is 3.18. The molecule has 3 nitrogen and oxygen atoms in total. The van der Waals surface area contributed by atoms with Crippen molar-refractivity contribution in [2.24, 2.45) is 0 Å². The van der Waals surface area contributed by atoms with Crippen LogP contribution in [-0.4, -0.2) is 12.0 Å². The van der Waals surface area contributed by atoms with E-state index in [1.54, 1.807) is 0 Å². The van der Waals surface area contributed by atoms with Gasteiger partial charge < -0.3 is 10.1 Å². The Hall–Kier alpha value is -2.29. The summed E-state index contributed by atoms with van der Waals surface area (Å²) >= 11 is 0. The van der Waals surface area contributed by atoms with Crippen LogP contribution in [0.4, 0.5) is 0 Å². The van der Waals surface area contributed by atoms with Crippen molar-refractivity contribution in [2.45, 2.75) is 66.5 Å². The van der Waals surface area contributed by atoms with Crippen molar-refractivity contribution >= 4 is 5.91 Å². The van der Waals surface area contributed by atoms with Crippen LogP contribution >= 0.6 is 0 Å². The summed E-state index contributed by atoms with van der Waals surface area (Å²) in [6.45, 7) is 12.3. The molecule has 2 atom stereocenters. The number of hydrogen-bond acceptors (Lipinski definition) is 2. The Bertz CT molecular complexity index is 767. The van der Waals surface area contributed by atoms with Crippen LogP contribution in [-0.2, 0) is 4.79 Å². The van der Waals surface area contributed by atoms with Gasteiger partial charge >= 0.3 is 0 Å². The lowest BCUT2D eigenvalue weighted by Gasteiger charge is -2.24. The molecule has 140 valence electrons. The number of benzene rings is 2. The molecule has 2 rings (SSSR count). The number of rotatable bonds is 7. The fourth-order valence-corrected chi connectivity index (χ4v) is 3.29.